The van der Waals surface area contributed by atoms with Gasteiger partial charge < -0.3 is 4.98 Å². The van der Waals surface area contributed by atoms with Gasteiger partial charge in [-0.1, -0.05) is 25.5 Å². The predicted molar refractivity (Wildman–Crippen MR) is 46.2 cm³/mol. The van der Waals surface area contributed by atoms with Crippen molar-refractivity contribution in [1.82, 2.24) is 4.98 Å². The van der Waals surface area contributed by atoms with Crippen LogP contribution in [0.3, 0.4) is 0 Å². The van der Waals surface area contributed by atoms with Gasteiger partial charge in [-0.3, -0.25) is 0 Å². The van der Waals surface area contributed by atoms with E-state index in [1.54, 1.807) is 0 Å². The first kappa shape index (κ1) is 8.92. The molecule has 54 valence electrons. The Balaban J connectivity index is 3.46. The van der Waals surface area contributed by atoms with Crippen LogP contribution in [0.5, 0.6) is 0 Å². The number of hydrogen-bond donors (Lipinski definition) is 1. The highest BCUT2D eigenvalue weighted by molar-refractivity contribution is 6.42. The van der Waals surface area contributed by atoms with Crippen LogP contribution in [0.2, 0.25) is 0 Å². The van der Waals surface area contributed by atoms with E-state index >= 15 is 0 Å². The van der Waals surface area contributed by atoms with Gasteiger partial charge in [-0.2, -0.15) is 0 Å². The van der Waals surface area contributed by atoms with Gasteiger partial charge in [0.15, 0.2) is 0 Å². The molecule has 0 aromatic heterocycles. The molecule has 1 atom stereocenters. The summed E-state index contributed by atoms with van der Waals surface area (Å²) in [6.07, 6.45) is 1.23. The van der Waals surface area contributed by atoms with Gasteiger partial charge in [-0.15, -0.1) is 6.58 Å². The molecule has 9 heavy (non-hydrogen) atoms. The molecule has 0 radical (unpaired) electrons. The van der Waals surface area contributed by atoms with Crippen LogP contribution in [-0.2, 0) is 0 Å². The maximum atomic E-state index is 4.01. The van der Waals surface area contributed by atoms with Crippen LogP contribution in [0, 0.1) is 5.92 Å². The summed E-state index contributed by atoms with van der Waals surface area (Å²) in [6, 6.07) is 0. The van der Waals surface area contributed by atoms with E-state index in [9.17, 15) is 0 Å². The molecular formula is C7H17NSi. The first-order valence-corrected chi connectivity index (χ1v) is 4.96. The third-order valence-corrected chi connectivity index (χ3v) is 3.22. The summed E-state index contributed by atoms with van der Waals surface area (Å²) in [5.74, 6) is 0.726. The average Bonchev–Trinajstić information content (AvgIpc) is 1.87. The number of hydrogen-bond acceptors (Lipinski definition) is 1. The summed E-state index contributed by atoms with van der Waals surface area (Å²) < 4.78 is 0. The molecule has 1 nitrogen and oxygen atoms in total. The van der Waals surface area contributed by atoms with Crippen LogP contribution < -0.4 is 4.98 Å². The number of nitrogens with one attached hydrogen (secondary N) is 1. The highest BCUT2D eigenvalue weighted by atomic mass is 28.2. The molecule has 0 fully saturated rings. The zero-order valence-electron chi connectivity index (χ0n) is 6.70. The van der Waals surface area contributed by atoms with E-state index < -0.39 is 0 Å². The highest BCUT2D eigenvalue weighted by Crippen LogP contribution is 2.08. The van der Waals surface area contributed by atoms with Gasteiger partial charge in [0.2, 0.25) is 0 Å². The Morgan fingerprint density at radius 2 is 2.33 bits per heavy atom. The van der Waals surface area contributed by atoms with Crippen LogP contribution in [0.25, 0.3) is 0 Å². The topological polar surface area (TPSA) is 12.0 Å². The summed E-state index contributed by atoms with van der Waals surface area (Å²) in [4.78, 5) is 3.22. The molecule has 1 N–H and O–H groups in total. The van der Waals surface area contributed by atoms with E-state index in [0.717, 1.165) is 5.92 Å². The lowest BCUT2D eigenvalue weighted by Gasteiger charge is -2.10. The van der Waals surface area contributed by atoms with Crippen LogP contribution >= 0.6 is 0 Å². The minimum absolute atomic E-state index is 0.157. The normalized spacial score (nSPS) is 14.6. The molecule has 0 aliphatic carbocycles. The fraction of sp³-hybridized carbons (Fsp3) is 0.714. The SMILES string of the molecule is C=C([SiH2]NC)C(C)CC. The Kier molecular flexibility index (Phi) is 4.72. The average molecular weight is 143 g/mol. The Morgan fingerprint density at radius 3 is 2.67 bits per heavy atom. The Morgan fingerprint density at radius 1 is 1.78 bits per heavy atom. The van der Waals surface area contributed by atoms with E-state index in [1.807, 2.05) is 7.05 Å². The van der Waals surface area contributed by atoms with E-state index in [0.29, 0.717) is 0 Å². The molecule has 0 aromatic rings. The van der Waals surface area contributed by atoms with Gasteiger partial charge in [-0.25, -0.2) is 0 Å². The van der Waals surface area contributed by atoms with Crippen LogP contribution in [0.15, 0.2) is 11.8 Å². The highest BCUT2D eigenvalue weighted by Gasteiger charge is 2.01. The van der Waals surface area contributed by atoms with Gasteiger partial charge in [0.05, 0.1) is 0 Å². The van der Waals surface area contributed by atoms with Crippen molar-refractivity contribution in [1.29, 1.82) is 0 Å². The van der Waals surface area contributed by atoms with Gasteiger partial charge in [0.1, 0.15) is 9.68 Å². The van der Waals surface area contributed by atoms with Gasteiger partial charge in [-0.05, 0) is 13.0 Å². The molecule has 0 aliphatic heterocycles. The van der Waals surface area contributed by atoms with Gasteiger partial charge in [0, 0.05) is 0 Å². The molecule has 2 heteroatoms. The predicted octanol–water partition coefficient (Wildman–Crippen LogP) is 0.849. The zero-order valence-corrected chi connectivity index (χ0v) is 8.11. The van der Waals surface area contributed by atoms with E-state index in [-0.39, 0.29) is 9.68 Å². The summed E-state index contributed by atoms with van der Waals surface area (Å²) in [7, 11) is 1.86. The first-order chi connectivity index (χ1) is 4.22. The second-order valence-corrected chi connectivity index (χ2v) is 4.47. The third kappa shape index (κ3) is 3.49. The molecule has 0 heterocycles. The fourth-order valence-electron chi connectivity index (χ4n) is 0.690. The van der Waals surface area contributed by atoms with Crippen molar-refractivity contribution in [2.45, 2.75) is 20.3 Å². The molecule has 0 aliphatic rings. The number of allylic oxidation sites excluding steroid dienone is 1. The second-order valence-electron chi connectivity index (χ2n) is 2.50. The molecule has 0 amide bonds. The van der Waals surface area contributed by atoms with E-state index in [4.69, 9.17) is 0 Å². The summed E-state index contributed by atoms with van der Waals surface area (Å²) in [5, 5.41) is 1.44. The molecule has 0 aromatic carbocycles. The third-order valence-electron chi connectivity index (χ3n) is 1.71. The molecule has 1 unspecified atom stereocenters. The molecule has 0 saturated carbocycles. The Labute approximate surface area is 60.4 Å². The lowest BCUT2D eigenvalue weighted by atomic mass is 10.1. The molecule has 0 rings (SSSR count). The van der Waals surface area contributed by atoms with Crippen LogP contribution in [0.1, 0.15) is 20.3 Å². The molecule has 0 saturated heterocycles. The van der Waals surface area contributed by atoms with Gasteiger partial charge in [0.25, 0.3) is 0 Å². The van der Waals surface area contributed by atoms with Crippen molar-refractivity contribution in [2.75, 3.05) is 7.05 Å². The van der Waals surface area contributed by atoms with Crippen LogP contribution in [-0.4, -0.2) is 16.7 Å². The van der Waals surface area contributed by atoms with Crippen molar-refractivity contribution in [3.05, 3.63) is 11.8 Å². The van der Waals surface area contributed by atoms with Crippen molar-refractivity contribution in [3.8, 4) is 0 Å². The first-order valence-electron chi connectivity index (χ1n) is 3.54. The maximum absolute atomic E-state index is 4.01. The molecular weight excluding hydrogens is 126 g/mol. The molecule has 0 bridgehead atoms. The van der Waals surface area contributed by atoms with Gasteiger partial charge >= 0.3 is 0 Å². The summed E-state index contributed by atoms with van der Waals surface area (Å²) >= 11 is 0. The van der Waals surface area contributed by atoms with Crippen molar-refractivity contribution in [2.24, 2.45) is 5.92 Å². The molecule has 0 spiro atoms. The van der Waals surface area contributed by atoms with Crippen LogP contribution in [0.4, 0.5) is 0 Å². The Bertz CT molecular complexity index is 90.9. The maximum Gasteiger partial charge on any atom is 0.119 e. The lowest BCUT2D eigenvalue weighted by molar-refractivity contribution is 0.683. The smallest absolute Gasteiger partial charge is 0.119 e. The largest absolute Gasteiger partial charge is 0.342 e. The summed E-state index contributed by atoms with van der Waals surface area (Å²) in [5.41, 5.74) is 0. The van der Waals surface area contributed by atoms with Crippen molar-refractivity contribution >= 4 is 9.68 Å². The van der Waals surface area contributed by atoms with Crippen molar-refractivity contribution < 1.29 is 0 Å². The lowest BCUT2D eigenvalue weighted by Crippen LogP contribution is -2.18. The standard InChI is InChI=1S/C7H17NSi/c1-5-6(2)7(3)9-8-4/h6,8H,3,5,9H2,1-2,4H3. The minimum atomic E-state index is -0.157. The number of rotatable bonds is 4. The van der Waals surface area contributed by atoms with E-state index in [1.165, 1.54) is 11.6 Å². The monoisotopic (exact) mass is 143 g/mol. The Hall–Kier alpha value is -0.0831. The fourth-order valence-corrected chi connectivity index (χ4v) is 1.78. The quantitative estimate of drug-likeness (QED) is 0.575. The minimum Gasteiger partial charge on any atom is -0.342 e. The van der Waals surface area contributed by atoms with E-state index in [2.05, 4.69) is 25.4 Å². The summed E-state index contributed by atoms with van der Waals surface area (Å²) in [6.45, 7) is 8.47. The zero-order chi connectivity index (χ0) is 7.28. The van der Waals surface area contributed by atoms with Crippen molar-refractivity contribution in [3.63, 3.8) is 0 Å². The second kappa shape index (κ2) is 4.76.